The summed E-state index contributed by atoms with van der Waals surface area (Å²) in [7, 11) is 0. The standard InChI is InChI=1S/C16H16FNO2/c1-11-6-5-9-13(15(11)17)16(20)18-14(10-19)12-7-3-2-4-8-12/h2-9,14,19H,10H2,1H3,(H,18,20). The lowest BCUT2D eigenvalue weighted by atomic mass is 10.1. The summed E-state index contributed by atoms with van der Waals surface area (Å²) in [4.78, 5) is 12.1. The van der Waals surface area contributed by atoms with E-state index in [1.165, 1.54) is 6.07 Å². The van der Waals surface area contributed by atoms with Crippen LogP contribution in [0.15, 0.2) is 48.5 Å². The third-order valence-corrected chi connectivity index (χ3v) is 3.13. The van der Waals surface area contributed by atoms with Crippen LogP contribution in [-0.4, -0.2) is 17.6 Å². The van der Waals surface area contributed by atoms with E-state index in [0.29, 0.717) is 5.56 Å². The molecule has 0 heterocycles. The molecule has 0 saturated carbocycles. The van der Waals surface area contributed by atoms with E-state index in [2.05, 4.69) is 5.32 Å². The molecular weight excluding hydrogens is 257 g/mol. The number of halogens is 1. The number of hydrogen-bond acceptors (Lipinski definition) is 2. The van der Waals surface area contributed by atoms with Crippen molar-refractivity contribution in [1.82, 2.24) is 5.32 Å². The van der Waals surface area contributed by atoms with Crippen molar-refractivity contribution in [3.05, 3.63) is 71.0 Å². The molecule has 1 amide bonds. The predicted molar refractivity (Wildman–Crippen MR) is 74.9 cm³/mol. The number of hydrogen-bond donors (Lipinski definition) is 2. The summed E-state index contributed by atoms with van der Waals surface area (Å²) >= 11 is 0. The minimum atomic E-state index is -0.552. The van der Waals surface area contributed by atoms with E-state index in [4.69, 9.17) is 0 Å². The first kappa shape index (κ1) is 14.2. The Morgan fingerprint density at radius 3 is 2.55 bits per heavy atom. The van der Waals surface area contributed by atoms with Crippen molar-refractivity contribution in [1.29, 1.82) is 0 Å². The highest BCUT2D eigenvalue weighted by molar-refractivity contribution is 5.94. The monoisotopic (exact) mass is 273 g/mol. The molecule has 0 aliphatic rings. The van der Waals surface area contributed by atoms with Crippen LogP contribution in [0.3, 0.4) is 0 Å². The lowest BCUT2D eigenvalue weighted by Crippen LogP contribution is -2.31. The van der Waals surface area contributed by atoms with Gasteiger partial charge in [0, 0.05) is 0 Å². The Morgan fingerprint density at radius 2 is 1.90 bits per heavy atom. The van der Waals surface area contributed by atoms with Gasteiger partial charge in [0.2, 0.25) is 0 Å². The van der Waals surface area contributed by atoms with Crippen LogP contribution in [0.5, 0.6) is 0 Å². The quantitative estimate of drug-likeness (QED) is 0.899. The number of aryl methyl sites for hydroxylation is 1. The van der Waals surface area contributed by atoms with E-state index in [9.17, 15) is 14.3 Å². The molecule has 0 aliphatic heterocycles. The zero-order valence-electron chi connectivity index (χ0n) is 11.1. The summed E-state index contributed by atoms with van der Waals surface area (Å²) in [6, 6.07) is 13.2. The van der Waals surface area contributed by atoms with Gasteiger partial charge in [0.1, 0.15) is 5.82 Å². The maximum absolute atomic E-state index is 13.9. The molecule has 0 saturated heterocycles. The molecule has 104 valence electrons. The Labute approximate surface area is 117 Å². The Kier molecular flexibility index (Phi) is 4.48. The molecular formula is C16H16FNO2. The Morgan fingerprint density at radius 1 is 1.20 bits per heavy atom. The molecule has 2 aromatic rings. The van der Waals surface area contributed by atoms with Crippen LogP contribution in [0.2, 0.25) is 0 Å². The zero-order chi connectivity index (χ0) is 14.5. The molecule has 1 unspecified atom stereocenters. The first-order chi connectivity index (χ1) is 9.63. The van der Waals surface area contributed by atoms with Crippen molar-refractivity contribution in [2.75, 3.05) is 6.61 Å². The number of nitrogens with one attached hydrogen (secondary N) is 1. The lowest BCUT2D eigenvalue weighted by molar-refractivity contribution is 0.0912. The highest BCUT2D eigenvalue weighted by atomic mass is 19.1. The van der Waals surface area contributed by atoms with Crippen molar-refractivity contribution in [2.24, 2.45) is 0 Å². The number of rotatable bonds is 4. The number of benzene rings is 2. The molecule has 4 heteroatoms. The van der Waals surface area contributed by atoms with Crippen molar-refractivity contribution < 1.29 is 14.3 Å². The molecule has 0 bridgehead atoms. The molecule has 2 rings (SSSR count). The van der Waals surface area contributed by atoms with Gasteiger partial charge >= 0.3 is 0 Å². The second-order valence-corrected chi connectivity index (χ2v) is 4.56. The fourth-order valence-electron chi connectivity index (χ4n) is 1.98. The van der Waals surface area contributed by atoms with Gasteiger partial charge in [-0.25, -0.2) is 4.39 Å². The number of carbonyl (C=O) groups is 1. The van der Waals surface area contributed by atoms with E-state index in [-0.39, 0.29) is 12.2 Å². The minimum absolute atomic E-state index is 0.0145. The minimum Gasteiger partial charge on any atom is -0.394 e. The largest absolute Gasteiger partial charge is 0.394 e. The molecule has 2 N–H and O–H groups in total. The second kappa shape index (κ2) is 6.30. The van der Waals surface area contributed by atoms with Gasteiger partial charge in [-0.05, 0) is 24.1 Å². The predicted octanol–water partition coefficient (Wildman–Crippen LogP) is 2.60. The van der Waals surface area contributed by atoms with Gasteiger partial charge in [-0.15, -0.1) is 0 Å². The van der Waals surface area contributed by atoms with Crippen molar-refractivity contribution in [3.63, 3.8) is 0 Å². The summed E-state index contributed by atoms with van der Waals surface area (Å²) in [5.41, 5.74) is 1.17. The fraction of sp³-hybridized carbons (Fsp3) is 0.188. The average molecular weight is 273 g/mol. The highest BCUT2D eigenvalue weighted by Crippen LogP contribution is 2.15. The number of amides is 1. The molecule has 1 atom stereocenters. The molecule has 3 nitrogen and oxygen atoms in total. The molecule has 0 fully saturated rings. The molecule has 20 heavy (non-hydrogen) atoms. The van der Waals surface area contributed by atoms with Crippen LogP contribution < -0.4 is 5.32 Å². The first-order valence-corrected chi connectivity index (χ1v) is 6.35. The molecule has 2 aromatic carbocycles. The fourth-order valence-corrected chi connectivity index (χ4v) is 1.98. The summed E-state index contributed by atoms with van der Waals surface area (Å²) in [6.45, 7) is 1.36. The third kappa shape index (κ3) is 3.03. The second-order valence-electron chi connectivity index (χ2n) is 4.56. The maximum Gasteiger partial charge on any atom is 0.254 e. The van der Waals surface area contributed by atoms with Crippen molar-refractivity contribution in [2.45, 2.75) is 13.0 Å². The van der Waals surface area contributed by atoms with E-state index >= 15 is 0 Å². The van der Waals surface area contributed by atoms with Crippen LogP contribution >= 0.6 is 0 Å². The van der Waals surface area contributed by atoms with Crippen molar-refractivity contribution in [3.8, 4) is 0 Å². The Hall–Kier alpha value is -2.20. The number of aliphatic hydroxyl groups is 1. The molecule has 0 aromatic heterocycles. The smallest absolute Gasteiger partial charge is 0.254 e. The van der Waals surface area contributed by atoms with Crippen LogP contribution in [0.4, 0.5) is 4.39 Å². The van der Waals surface area contributed by atoms with E-state index < -0.39 is 17.8 Å². The Bertz CT molecular complexity index is 599. The van der Waals surface area contributed by atoms with Crippen LogP contribution in [0.1, 0.15) is 27.5 Å². The van der Waals surface area contributed by atoms with E-state index in [1.807, 2.05) is 18.2 Å². The summed E-state index contributed by atoms with van der Waals surface area (Å²) < 4.78 is 13.9. The number of carbonyl (C=O) groups excluding carboxylic acids is 1. The normalized spacial score (nSPS) is 11.9. The summed E-state index contributed by atoms with van der Waals surface area (Å²) in [5.74, 6) is -1.07. The van der Waals surface area contributed by atoms with Gasteiger partial charge in [0.15, 0.2) is 0 Å². The van der Waals surface area contributed by atoms with E-state index in [1.54, 1.807) is 31.2 Å². The molecule has 0 radical (unpaired) electrons. The van der Waals surface area contributed by atoms with Gasteiger partial charge < -0.3 is 10.4 Å². The van der Waals surface area contributed by atoms with Crippen molar-refractivity contribution >= 4 is 5.91 Å². The lowest BCUT2D eigenvalue weighted by Gasteiger charge is -2.17. The van der Waals surface area contributed by atoms with Gasteiger partial charge in [0.25, 0.3) is 5.91 Å². The number of aliphatic hydroxyl groups excluding tert-OH is 1. The average Bonchev–Trinajstić information content (AvgIpc) is 2.48. The SMILES string of the molecule is Cc1cccc(C(=O)NC(CO)c2ccccc2)c1F. The summed E-state index contributed by atoms with van der Waals surface area (Å²) in [5, 5.41) is 12.0. The molecule has 0 spiro atoms. The van der Waals surface area contributed by atoms with Crippen LogP contribution in [0, 0.1) is 12.7 Å². The zero-order valence-corrected chi connectivity index (χ0v) is 11.1. The topological polar surface area (TPSA) is 49.3 Å². The highest BCUT2D eigenvalue weighted by Gasteiger charge is 2.18. The Balaban J connectivity index is 2.20. The van der Waals surface area contributed by atoms with Gasteiger partial charge in [-0.1, -0.05) is 42.5 Å². The molecule has 0 aliphatic carbocycles. The van der Waals surface area contributed by atoms with Gasteiger partial charge in [-0.2, -0.15) is 0 Å². The van der Waals surface area contributed by atoms with Crippen LogP contribution in [-0.2, 0) is 0 Å². The summed E-state index contributed by atoms with van der Waals surface area (Å²) in [6.07, 6.45) is 0. The van der Waals surface area contributed by atoms with Crippen LogP contribution in [0.25, 0.3) is 0 Å². The first-order valence-electron chi connectivity index (χ1n) is 6.35. The maximum atomic E-state index is 13.9. The van der Waals surface area contributed by atoms with Gasteiger partial charge in [-0.3, -0.25) is 4.79 Å². The van der Waals surface area contributed by atoms with E-state index in [0.717, 1.165) is 5.56 Å². The third-order valence-electron chi connectivity index (χ3n) is 3.13. The van der Waals surface area contributed by atoms with Gasteiger partial charge in [0.05, 0.1) is 18.2 Å².